The van der Waals surface area contributed by atoms with Gasteiger partial charge in [-0.3, -0.25) is 9.36 Å². The molecule has 1 N–H and O–H groups in total. The van der Waals surface area contributed by atoms with E-state index in [0.717, 1.165) is 0 Å². The Morgan fingerprint density at radius 2 is 2.00 bits per heavy atom. The molecule has 0 saturated carbocycles. The second-order valence-corrected chi connectivity index (χ2v) is 7.64. The van der Waals surface area contributed by atoms with Crippen molar-refractivity contribution in [3.05, 3.63) is 86.5 Å². The molecule has 2 aromatic heterocycles. The molecule has 8 heteroatoms. The van der Waals surface area contributed by atoms with E-state index < -0.39 is 5.63 Å². The second kappa shape index (κ2) is 7.77. The van der Waals surface area contributed by atoms with Crippen LogP contribution in [0.5, 0.6) is 5.75 Å². The predicted molar refractivity (Wildman–Crippen MR) is 115 cm³/mol. The van der Waals surface area contributed by atoms with E-state index in [9.17, 15) is 14.7 Å². The number of aromatic nitrogens is 2. The maximum atomic E-state index is 12.9. The molecule has 146 valence electrons. The highest BCUT2D eigenvalue weighted by molar-refractivity contribution is 7.98. The molecule has 0 aliphatic rings. The summed E-state index contributed by atoms with van der Waals surface area (Å²) < 4.78 is 6.71. The number of thioether (sulfide) groups is 1. The topological polar surface area (TPSA) is 85.3 Å². The molecule has 0 spiro atoms. The van der Waals surface area contributed by atoms with Crippen LogP contribution in [0.25, 0.3) is 21.9 Å². The van der Waals surface area contributed by atoms with Gasteiger partial charge in [0, 0.05) is 29.8 Å². The van der Waals surface area contributed by atoms with Gasteiger partial charge in [0.05, 0.1) is 15.9 Å². The average Bonchev–Trinajstić information content (AvgIpc) is 2.70. The second-order valence-electron chi connectivity index (χ2n) is 6.30. The van der Waals surface area contributed by atoms with E-state index in [0.29, 0.717) is 39.3 Å². The van der Waals surface area contributed by atoms with Crippen molar-refractivity contribution in [2.75, 3.05) is 0 Å². The first-order valence-electron chi connectivity index (χ1n) is 8.66. The molecule has 0 atom stereocenters. The molecule has 2 aromatic carbocycles. The Kier molecular flexibility index (Phi) is 5.17. The number of phenolic OH excluding ortho intramolecular Hbond substituents is 1. The number of fused-ring (bicyclic) bond motifs is 2. The van der Waals surface area contributed by atoms with E-state index in [1.807, 2.05) is 6.07 Å². The molecule has 4 rings (SSSR count). The highest BCUT2D eigenvalue weighted by atomic mass is 35.5. The summed E-state index contributed by atoms with van der Waals surface area (Å²) in [6.07, 6.45) is 1.64. The minimum atomic E-state index is -0.537. The van der Waals surface area contributed by atoms with Crippen LogP contribution in [0.2, 0.25) is 5.02 Å². The van der Waals surface area contributed by atoms with Gasteiger partial charge in [0.2, 0.25) is 0 Å². The van der Waals surface area contributed by atoms with Gasteiger partial charge in [-0.15, -0.1) is 6.58 Å². The molecule has 6 nitrogen and oxygen atoms in total. The van der Waals surface area contributed by atoms with Crippen LogP contribution in [0.15, 0.2) is 74.3 Å². The molecule has 0 bridgehead atoms. The van der Waals surface area contributed by atoms with Crippen molar-refractivity contribution < 1.29 is 9.52 Å². The Balaban J connectivity index is 1.80. The lowest BCUT2D eigenvalue weighted by molar-refractivity contribution is 0.473. The highest BCUT2D eigenvalue weighted by Crippen LogP contribution is 2.32. The third-order valence-corrected chi connectivity index (χ3v) is 5.72. The van der Waals surface area contributed by atoms with Crippen LogP contribution in [0.3, 0.4) is 0 Å². The maximum Gasteiger partial charge on any atom is 0.336 e. The van der Waals surface area contributed by atoms with Crippen LogP contribution >= 0.6 is 23.4 Å². The van der Waals surface area contributed by atoms with Gasteiger partial charge < -0.3 is 9.52 Å². The molecule has 0 aliphatic heterocycles. The Morgan fingerprint density at radius 1 is 1.21 bits per heavy atom. The first-order chi connectivity index (χ1) is 14.0. The Labute approximate surface area is 174 Å². The van der Waals surface area contributed by atoms with E-state index in [1.54, 1.807) is 34.9 Å². The summed E-state index contributed by atoms with van der Waals surface area (Å²) >= 11 is 7.34. The van der Waals surface area contributed by atoms with Crippen LogP contribution in [0, 0.1) is 0 Å². The molecule has 4 aromatic rings. The first kappa shape index (κ1) is 19.3. The molecule has 0 fully saturated rings. The lowest BCUT2D eigenvalue weighted by Crippen LogP contribution is -2.22. The number of aromatic hydroxyl groups is 1. The molecule has 0 radical (unpaired) electrons. The van der Waals surface area contributed by atoms with Gasteiger partial charge >= 0.3 is 5.63 Å². The molecule has 0 unspecified atom stereocenters. The monoisotopic (exact) mass is 426 g/mol. The van der Waals surface area contributed by atoms with Crippen LogP contribution in [0.4, 0.5) is 0 Å². The summed E-state index contributed by atoms with van der Waals surface area (Å²) in [5.41, 5.74) is 0.819. The number of hydrogen-bond acceptors (Lipinski definition) is 6. The summed E-state index contributed by atoms with van der Waals surface area (Å²) in [6.45, 7) is 4.03. The van der Waals surface area contributed by atoms with Gasteiger partial charge in [-0.1, -0.05) is 41.6 Å². The smallest absolute Gasteiger partial charge is 0.336 e. The quantitative estimate of drug-likeness (QED) is 0.221. The van der Waals surface area contributed by atoms with Crippen LogP contribution < -0.4 is 11.2 Å². The average molecular weight is 427 g/mol. The SMILES string of the molecule is C=CCn1c(SCc2cc(=O)oc3cc(O)c(Cl)cc23)nc2ccccc2c1=O. The van der Waals surface area contributed by atoms with Crippen molar-refractivity contribution in [1.29, 1.82) is 0 Å². The zero-order chi connectivity index (χ0) is 20.5. The van der Waals surface area contributed by atoms with Gasteiger partial charge in [-0.2, -0.15) is 0 Å². The number of phenols is 1. The summed E-state index contributed by atoms with van der Waals surface area (Å²) in [5.74, 6) is 0.189. The van der Waals surface area contributed by atoms with Crippen molar-refractivity contribution in [3.8, 4) is 5.75 Å². The fourth-order valence-electron chi connectivity index (χ4n) is 3.05. The van der Waals surface area contributed by atoms with Gasteiger partial charge in [0.25, 0.3) is 5.56 Å². The maximum absolute atomic E-state index is 12.9. The normalized spacial score (nSPS) is 11.2. The fourth-order valence-corrected chi connectivity index (χ4v) is 4.21. The number of halogens is 1. The van der Waals surface area contributed by atoms with E-state index >= 15 is 0 Å². The Hall–Kier alpha value is -3.03. The minimum Gasteiger partial charge on any atom is -0.506 e. The van der Waals surface area contributed by atoms with Crippen molar-refractivity contribution in [2.24, 2.45) is 0 Å². The zero-order valence-corrected chi connectivity index (χ0v) is 16.7. The van der Waals surface area contributed by atoms with E-state index in [-0.39, 0.29) is 21.9 Å². The Bertz CT molecular complexity index is 1380. The lowest BCUT2D eigenvalue weighted by Gasteiger charge is -2.12. The molecule has 29 heavy (non-hydrogen) atoms. The third kappa shape index (κ3) is 3.66. The highest BCUT2D eigenvalue weighted by Gasteiger charge is 2.14. The lowest BCUT2D eigenvalue weighted by atomic mass is 10.1. The summed E-state index contributed by atoms with van der Waals surface area (Å²) in [4.78, 5) is 29.4. The van der Waals surface area contributed by atoms with Crippen LogP contribution in [0.1, 0.15) is 5.56 Å². The third-order valence-electron chi connectivity index (χ3n) is 4.39. The summed E-state index contributed by atoms with van der Waals surface area (Å²) in [5, 5.41) is 11.6. The Morgan fingerprint density at radius 3 is 2.79 bits per heavy atom. The summed E-state index contributed by atoms with van der Waals surface area (Å²) in [7, 11) is 0. The predicted octanol–water partition coefficient (Wildman–Crippen LogP) is 4.34. The van der Waals surface area contributed by atoms with Crippen molar-refractivity contribution in [1.82, 2.24) is 9.55 Å². The van der Waals surface area contributed by atoms with E-state index in [1.165, 1.54) is 23.9 Å². The summed E-state index contributed by atoms with van der Waals surface area (Å²) in [6, 6.07) is 11.4. The standard InChI is InChI=1S/C21H15ClN2O4S/c1-2-7-24-20(27)13-5-3-4-6-16(13)23-21(24)29-11-12-8-19(26)28-18-10-17(25)15(22)9-14(12)18/h2-6,8-10,25H,1,7,11H2. The molecular weight excluding hydrogens is 412 g/mol. The van der Waals surface area contributed by atoms with Crippen LogP contribution in [-0.2, 0) is 12.3 Å². The van der Waals surface area contributed by atoms with Crippen molar-refractivity contribution >= 4 is 45.2 Å². The van der Waals surface area contributed by atoms with Gasteiger partial charge in [-0.05, 0) is 23.8 Å². The molecule has 0 saturated heterocycles. The number of allylic oxidation sites excluding steroid dienone is 1. The minimum absolute atomic E-state index is 0.150. The number of benzene rings is 2. The van der Waals surface area contributed by atoms with Crippen molar-refractivity contribution in [3.63, 3.8) is 0 Å². The largest absolute Gasteiger partial charge is 0.506 e. The van der Waals surface area contributed by atoms with Gasteiger partial charge in [-0.25, -0.2) is 9.78 Å². The molecular formula is C21H15ClN2O4S. The number of para-hydroxylation sites is 1. The zero-order valence-electron chi connectivity index (χ0n) is 15.1. The van der Waals surface area contributed by atoms with Gasteiger partial charge in [0.15, 0.2) is 5.16 Å². The molecule has 0 aliphatic carbocycles. The molecule has 0 amide bonds. The molecule has 2 heterocycles. The van der Waals surface area contributed by atoms with E-state index in [2.05, 4.69) is 11.6 Å². The first-order valence-corrected chi connectivity index (χ1v) is 10.0. The number of rotatable bonds is 5. The fraction of sp³-hybridized carbons (Fsp3) is 0.0952. The van der Waals surface area contributed by atoms with Gasteiger partial charge in [0.1, 0.15) is 11.3 Å². The van der Waals surface area contributed by atoms with E-state index in [4.69, 9.17) is 16.0 Å². The number of hydrogen-bond donors (Lipinski definition) is 1. The van der Waals surface area contributed by atoms with Crippen LogP contribution in [-0.4, -0.2) is 14.7 Å². The van der Waals surface area contributed by atoms with Crippen molar-refractivity contribution in [2.45, 2.75) is 17.5 Å². The number of nitrogens with zero attached hydrogens (tertiary/aromatic N) is 2.